The zero-order chi connectivity index (χ0) is 14.6. The van der Waals surface area contributed by atoms with Crippen molar-refractivity contribution < 1.29 is 4.79 Å². The smallest absolute Gasteiger partial charge is 0.240 e. The maximum Gasteiger partial charge on any atom is 0.240 e. The van der Waals surface area contributed by atoms with Crippen molar-refractivity contribution in [3.05, 3.63) is 48.0 Å². The lowest BCUT2D eigenvalue weighted by Crippen LogP contribution is -2.52. The van der Waals surface area contributed by atoms with Crippen LogP contribution in [0.3, 0.4) is 0 Å². The van der Waals surface area contributed by atoms with E-state index in [9.17, 15) is 4.79 Å². The Labute approximate surface area is 120 Å². The lowest BCUT2D eigenvalue weighted by Gasteiger charge is -2.25. The minimum absolute atomic E-state index is 0.0737. The van der Waals surface area contributed by atoms with Gasteiger partial charge in [0.25, 0.3) is 0 Å². The number of fused-ring (bicyclic) bond motifs is 1. The number of rotatable bonds is 5. The third-order valence-electron chi connectivity index (χ3n) is 4.03. The molecule has 0 saturated heterocycles. The first-order valence-corrected chi connectivity index (χ1v) is 7.14. The average molecular weight is 270 g/mol. The van der Waals surface area contributed by atoms with E-state index in [0.717, 1.165) is 5.56 Å². The highest BCUT2D eigenvalue weighted by Gasteiger charge is 2.29. The molecule has 0 spiro atoms. The zero-order valence-corrected chi connectivity index (χ0v) is 12.1. The molecule has 0 saturated carbocycles. The fourth-order valence-electron chi connectivity index (χ4n) is 2.37. The standard InChI is InChI=1S/C17H22N2O/c1-3-17(18,4-2)16(20)19-12-14-10-7-9-13-8-5-6-11-15(13)14/h5-11H,3-4,12,18H2,1-2H3,(H,19,20). The minimum atomic E-state index is -0.759. The molecule has 0 aliphatic carbocycles. The number of hydrogen-bond acceptors (Lipinski definition) is 2. The first-order valence-electron chi connectivity index (χ1n) is 7.14. The monoisotopic (exact) mass is 270 g/mol. The average Bonchev–Trinajstić information content (AvgIpc) is 2.51. The Morgan fingerprint density at radius 2 is 1.75 bits per heavy atom. The van der Waals surface area contributed by atoms with Crippen LogP contribution in [0.1, 0.15) is 32.3 Å². The fraction of sp³-hybridized carbons (Fsp3) is 0.353. The second-order valence-electron chi connectivity index (χ2n) is 5.18. The molecule has 3 N–H and O–H groups in total. The molecular weight excluding hydrogens is 248 g/mol. The summed E-state index contributed by atoms with van der Waals surface area (Å²) in [7, 11) is 0. The summed E-state index contributed by atoms with van der Waals surface area (Å²) in [6.45, 7) is 4.40. The Balaban J connectivity index is 2.16. The van der Waals surface area contributed by atoms with Crippen molar-refractivity contribution in [2.75, 3.05) is 0 Å². The predicted octanol–water partition coefficient (Wildman–Crippen LogP) is 2.97. The molecule has 20 heavy (non-hydrogen) atoms. The summed E-state index contributed by atoms with van der Waals surface area (Å²) < 4.78 is 0. The number of nitrogens with one attached hydrogen (secondary N) is 1. The molecule has 2 rings (SSSR count). The van der Waals surface area contributed by atoms with Crippen LogP contribution in [0.5, 0.6) is 0 Å². The number of carbonyl (C=O) groups excluding carboxylic acids is 1. The topological polar surface area (TPSA) is 55.1 Å². The molecule has 3 heteroatoms. The minimum Gasteiger partial charge on any atom is -0.350 e. The van der Waals surface area contributed by atoms with Crippen molar-refractivity contribution in [1.29, 1.82) is 0 Å². The van der Waals surface area contributed by atoms with Gasteiger partial charge in [0.15, 0.2) is 0 Å². The highest BCUT2D eigenvalue weighted by atomic mass is 16.2. The summed E-state index contributed by atoms with van der Waals surface area (Å²) in [4.78, 5) is 12.2. The quantitative estimate of drug-likeness (QED) is 0.877. The first-order chi connectivity index (χ1) is 9.60. The van der Waals surface area contributed by atoms with E-state index in [4.69, 9.17) is 5.73 Å². The van der Waals surface area contributed by atoms with Gasteiger partial charge < -0.3 is 11.1 Å². The van der Waals surface area contributed by atoms with Crippen molar-refractivity contribution in [2.24, 2.45) is 5.73 Å². The summed E-state index contributed by atoms with van der Waals surface area (Å²) in [6, 6.07) is 14.3. The van der Waals surface area contributed by atoms with E-state index in [-0.39, 0.29) is 5.91 Å². The summed E-state index contributed by atoms with van der Waals surface area (Å²) >= 11 is 0. The van der Waals surface area contributed by atoms with Gasteiger partial charge in [-0.05, 0) is 29.2 Å². The van der Waals surface area contributed by atoms with Crippen molar-refractivity contribution >= 4 is 16.7 Å². The SMILES string of the molecule is CCC(N)(CC)C(=O)NCc1cccc2ccccc12. The van der Waals surface area contributed by atoms with E-state index in [1.165, 1.54) is 10.8 Å². The molecule has 0 aliphatic heterocycles. The van der Waals surface area contributed by atoms with Crippen LogP contribution < -0.4 is 11.1 Å². The molecule has 0 aromatic heterocycles. The summed E-state index contributed by atoms with van der Waals surface area (Å²) in [5, 5.41) is 5.33. The van der Waals surface area contributed by atoms with Gasteiger partial charge in [0.1, 0.15) is 0 Å². The van der Waals surface area contributed by atoms with E-state index in [0.29, 0.717) is 19.4 Å². The number of hydrogen-bond donors (Lipinski definition) is 2. The molecule has 0 heterocycles. The predicted molar refractivity (Wildman–Crippen MR) is 83.3 cm³/mol. The summed E-state index contributed by atoms with van der Waals surface area (Å²) in [6.07, 6.45) is 1.29. The maximum absolute atomic E-state index is 12.2. The fourth-order valence-corrected chi connectivity index (χ4v) is 2.37. The van der Waals surface area contributed by atoms with Gasteiger partial charge >= 0.3 is 0 Å². The third-order valence-corrected chi connectivity index (χ3v) is 4.03. The Morgan fingerprint density at radius 1 is 1.10 bits per heavy atom. The van der Waals surface area contributed by atoms with Gasteiger partial charge in [0, 0.05) is 6.54 Å². The third kappa shape index (κ3) is 2.83. The number of nitrogens with two attached hydrogens (primary N) is 1. The van der Waals surface area contributed by atoms with E-state index in [1.54, 1.807) is 0 Å². The molecule has 2 aromatic rings. The molecule has 1 amide bonds. The van der Waals surface area contributed by atoms with Gasteiger partial charge in [-0.2, -0.15) is 0 Å². The van der Waals surface area contributed by atoms with Gasteiger partial charge in [-0.25, -0.2) is 0 Å². The van der Waals surface area contributed by atoms with Crippen LogP contribution in [0.4, 0.5) is 0 Å². The Morgan fingerprint density at radius 3 is 2.45 bits per heavy atom. The van der Waals surface area contributed by atoms with Crippen molar-refractivity contribution in [1.82, 2.24) is 5.32 Å². The Hall–Kier alpha value is -1.87. The van der Waals surface area contributed by atoms with Crippen LogP contribution in [0.25, 0.3) is 10.8 Å². The molecule has 0 aliphatic rings. The van der Waals surface area contributed by atoms with Gasteiger partial charge in [-0.15, -0.1) is 0 Å². The normalized spacial score (nSPS) is 11.6. The van der Waals surface area contributed by atoms with Crippen LogP contribution in [0.15, 0.2) is 42.5 Å². The largest absolute Gasteiger partial charge is 0.350 e. The molecule has 0 bridgehead atoms. The van der Waals surface area contributed by atoms with E-state index in [1.807, 2.05) is 38.1 Å². The first kappa shape index (κ1) is 14.5. The van der Waals surface area contributed by atoms with E-state index < -0.39 is 5.54 Å². The number of benzene rings is 2. The molecular formula is C17H22N2O. The van der Waals surface area contributed by atoms with Crippen LogP contribution >= 0.6 is 0 Å². The molecule has 0 fully saturated rings. The second-order valence-corrected chi connectivity index (χ2v) is 5.18. The van der Waals surface area contributed by atoms with Gasteiger partial charge in [-0.3, -0.25) is 4.79 Å². The van der Waals surface area contributed by atoms with Crippen LogP contribution in [0, 0.1) is 0 Å². The highest BCUT2D eigenvalue weighted by Crippen LogP contribution is 2.19. The molecule has 106 valence electrons. The van der Waals surface area contributed by atoms with Gasteiger partial charge in [0.05, 0.1) is 5.54 Å². The van der Waals surface area contributed by atoms with Gasteiger partial charge in [0.2, 0.25) is 5.91 Å². The molecule has 2 aromatic carbocycles. The lowest BCUT2D eigenvalue weighted by atomic mass is 9.93. The number of amides is 1. The van der Waals surface area contributed by atoms with Crippen molar-refractivity contribution in [3.8, 4) is 0 Å². The second kappa shape index (κ2) is 6.06. The van der Waals surface area contributed by atoms with Crippen LogP contribution in [-0.2, 0) is 11.3 Å². The van der Waals surface area contributed by atoms with Gasteiger partial charge in [-0.1, -0.05) is 56.3 Å². The molecule has 0 unspecified atom stereocenters. The maximum atomic E-state index is 12.2. The molecule has 3 nitrogen and oxygen atoms in total. The highest BCUT2D eigenvalue weighted by molar-refractivity contribution is 5.88. The van der Waals surface area contributed by atoms with Crippen LogP contribution in [0.2, 0.25) is 0 Å². The van der Waals surface area contributed by atoms with Crippen LogP contribution in [-0.4, -0.2) is 11.4 Å². The Bertz CT molecular complexity index is 597. The lowest BCUT2D eigenvalue weighted by molar-refractivity contribution is -0.126. The summed E-state index contributed by atoms with van der Waals surface area (Å²) in [5.41, 5.74) is 6.46. The Kier molecular flexibility index (Phi) is 4.40. The number of carbonyl (C=O) groups is 1. The molecule has 0 radical (unpaired) electrons. The van der Waals surface area contributed by atoms with E-state index in [2.05, 4.69) is 23.5 Å². The zero-order valence-electron chi connectivity index (χ0n) is 12.1. The van der Waals surface area contributed by atoms with Crippen molar-refractivity contribution in [2.45, 2.75) is 38.8 Å². The van der Waals surface area contributed by atoms with Crippen molar-refractivity contribution in [3.63, 3.8) is 0 Å². The van der Waals surface area contributed by atoms with E-state index >= 15 is 0 Å². The molecule has 0 atom stereocenters. The summed E-state index contributed by atoms with van der Waals surface area (Å²) in [5.74, 6) is -0.0737.